The Morgan fingerprint density at radius 3 is 2.57 bits per heavy atom. The zero-order valence-corrected chi connectivity index (χ0v) is 15.9. The summed E-state index contributed by atoms with van der Waals surface area (Å²) in [6.07, 6.45) is 2.00. The van der Waals surface area contributed by atoms with Crippen molar-refractivity contribution in [3.05, 3.63) is 48.0 Å². The van der Waals surface area contributed by atoms with Gasteiger partial charge in [0.25, 0.3) is 5.91 Å². The molecule has 8 nitrogen and oxygen atoms in total. The Bertz CT molecular complexity index is 668. The van der Waals surface area contributed by atoms with E-state index in [1.54, 1.807) is 19.2 Å². The molecule has 0 aromatic heterocycles. The fourth-order valence-corrected chi connectivity index (χ4v) is 2.43. The molecule has 1 aromatic rings. The van der Waals surface area contributed by atoms with Crippen molar-refractivity contribution in [2.24, 2.45) is 5.92 Å². The minimum absolute atomic E-state index is 0.00575. The average molecular weight is 390 g/mol. The van der Waals surface area contributed by atoms with E-state index in [4.69, 9.17) is 19.5 Å². The summed E-state index contributed by atoms with van der Waals surface area (Å²) in [6, 6.07) is 7.62. The Kier molecular flexibility index (Phi) is 11.2. The van der Waals surface area contributed by atoms with Gasteiger partial charge in [0.2, 0.25) is 0 Å². The fourth-order valence-electron chi connectivity index (χ4n) is 2.43. The molecule has 0 saturated carbocycles. The molecule has 0 aliphatic carbocycles. The number of hydrogen-bond donors (Lipinski definition) is 2. The molecule has 0 radical (unpaired) electrons. The minimum Gasteiger partial charge on any atom is -0.481 e. The summed E-state index contributed by atoms with van der Waals surface area (Å²) in [5, 5.41) is 21.0. The molecule has 0 heterocycles. The predicted octanol–water partition coefficient (Wildman–Crippen LogP) is 1.96. The number of hydrogen-bond acceptors (Lipinski definition) is 6. The number of nitrogens with zero attached hydrogens (tertiary/aromatic N) is 1. The first-order chi connectivity index (χ1) is 13.5. The second-order valence-corrected chi connectivity index (χ2v) is 6.04. The Balaban J connectivity index is 2.71. The van der Waals surface area contributed by atoms with Crippen LogP contribution in [0.4, 0.5) is 0 Å². The van der Waals surface area contributed by atoms with Crippen LogP contribution in [0.5, 0.6) is 0 Å². The van der Waals surface area contributed by atoms with Gasteiger partial charge < -0.3 is 24.6 Å². The Labute approximate surface area is 164 Å². The Hall–Kier alpha value is -2.73. The smallest absolute Gasteiger partial charge is 0.306 e. The van der Waals surface area contributed by atoms with Crippen molar-refractivity contribution < 1.29 is 28.9 Å². The SMILES string of the molecule is C=CCC(C[C@@H](COCOCCOC)NC(=O)c1ccc(C#N)cc1)C(=O)O. The van der Waals surface area contributed by atoms with Gasteiger partial charge in [0, 0.05) is 12.7 Å². The van der Waals surface area contributed by atoms with Crippen molar-refractivity contribution in [1.82, 2.24) is 5.32 Å². The summed E-state index contributed by atoms with van der Waals surface area (Å²) in [5.41, 5.74) is 0.817. The third kappa shape index (κ3) is 8.77. The van der Waals surface area contributed by atoms with Crippen molar-refractivity contribution in [2.75, 3.05) is 33.7 Å². The number of nitrogens with one attached hydrogen (secondary N) is 1. The molecule has 1 unspecified atom stereocenters. The van der Waals surface area contributed by atoms with E-state index < -0.39 is 17.9 Å². The molecule has 0 aliphatic rings. The number of methoxy groups -OCH3 is 1. The van der Waals surface area contributed by atoms with Crippen LogP contribution in [0.25, 0.3) is 0 Å². The van der Waals surface area contributed by atoms with E-state index in [1.807, 2.05) is 6.07 Å². The molecule has 28 heavy (non-hydrogen) atoms. The van der Waals surface area contributed by atoms with Crippen LogP contribution in [-0.2, 0) is 19.0 Å². The van der Waals surface area contributed by atoms with Gasteiger partial charge in [-0.1, -0.05) is 6.08 Å². The molecule has 1 aromatic carbocycles. The first-order valence-electron chi connectivity index (χ1n) is 8.81. The van der Waals surface area contributed by atoms with Crippen molar-refractivity contribution in [3.63, 3.8) is 0 Å². The molecule has 2 N–H and O–H groups in total. The zero-order chi connectivity index (χ0) is 20.8. The van der Waals surface area contributed by atoms with Gasteiger partial charge in [-0.05, 0) is 37.1 Å². The Morgan fingerprint density at radius 1 is 1.29 bits per heavy atom. The van der Waals surface area contributed by atoms with Crippen LogP contribution >= 0.6 is 0 Å². The summed E-state index contributed by atoms with van der Waals surface area (Å²) in [5.74, 6) is -2.03. The van der Waals surface area contributed by atoms with E-state index in [9.17, 15) is 14.7 Å². The predicted molar refractivity (Wildman–Crippen MR) is 102 cm³/mol. The van der Waals surface area contributed by atoms with Gasteiger partial charge >= 0.3 is 5.97 Å². The largest absolute Gasteiger partial charge is 0.481 e. The van der Waals surface area contributed by atoms with Crippen LogP contribution < -0.4 is 5.32 Å². The van der Waals surface area contributed by atoms with Crippen LogP contribution in [0, 0.1) is 17.2 Å². The Morgan fingerprint density at radius 2 is 2.00 bits per heavy atom. The number of benzene rings is 1. The molecule has 0 fully saturated rings. The third-order valence-corrected chi connectivity index (χ3v) is 3.90. The summed E-state index contributed by atoms with van der Waals surface area (Å²) in [7, 11) is 1.56. The van der Waals surface area contributed by atoms with E-state index in [0.29, 0.717) is 24.3 Å². The summed E-state index contributed by atoms with van der Waals surface area (Å²) in [4.78, 5) is 23.9. The average Bonchev–Trinajstić information content (AvgIpc) is 2.69. The maximum Gasteiger partial charge on any atom is 0.306 e. The molecule has 0 bridgehead atoms. The van der Waals surface area contributed by atoms with Crippen LogP contribution in [0.3, 0.4) is 0 Å². The molecular formula is C20H26N2O6. The lowest BCUT2D eigenvalue weighted by atomic mass is 9.96. The lowest BCUT2D eigenvalue weighted by molar-refractivity contribution is -0.142. The van der Waals surface area contributed by atoms with Crippen molar-refractivity contribution in [2.45, 2.75) is 18.9 Å². The van der Waals surface area contributed by atoms with E-state index in [-0.39, 0.29) is 32.1 Å². The lowest BCUT2D eigenvalue weighted by Crippen LogP contribution is -2.40. The lowest BCUT2D eigenvalue weighted by Gasteiger charge is -2.22. The van der Waals surface area contributed by atoms with Crippen LogP contribution in [-0.4, -0.2) is 56.7 Å². The highest BCUT2D eigenvalue weighted by Gasteiger charge is 2.23. The fraction of sp³-hybridized carbons (Fsp3) is 0.450. The van der Waals surface area contributed by atoms with E-state index in [2.05, 4.69) is 11.9 Å². The molecule has 8 heteroatoms. The van der Waals surface area contributed by atoms with Gasteiger partial charge in [-0.2, -0.15) is 5.26 Å². The molecule has 0 saturated heterocycles. The monoisotopic (exact) mass is 390 g/mol. The van der Waals surface area contributed by atoms with Crippen LogP contribution in [0.1, 0.15) is 28.8 Å². The quantitative estimate of drug-likeness (QED) is 0.283. The number of allylic oxidation sites excluding steroid dienone is 1. The standard InChI is InChI=1S/C20H26N2O6/c1-3-4-17(20(24)25)11-18(13-28-14-27-10-9-26-2)22-19(23)16-7-5-15(12-21)6-8-16/h3,5-8,17-18H,1,4,9-11,13-14H2,2H3,(H,22,23)(H,24,25)/t17?,18-/m0/s1. The number of rotatable bonds is 14. The van der Waals surface area contributed by atoms with Gasteiger partial charge in [0.15, 0.2) is 0 Å². The first-order valence-corrected chi connectivity index (χ1v) is 8.81. The number of amides is 1. The molecule has 1 rings (SSSR count). The minimum atomic E-state index is -0.964. The molecule has 2 atom stereocenters. The summed E-state index contributed by atoms with van der Waals surface area (Å²) < 4.78 is 15.5. The molecule has 1 amide bonds. The van der Waals surface area contributed by atoms with E-state index in [0.717, 1.165) is 0 Å². The van der Waals surface area contributed by atoms with Gasteiger partial charge in [0.05, 0.1) is 43.4 Å². The highest BCUT2D eigenvalue weighted by atomic mass is 16.7. The zero-order valence-electron chi connectivity index (χ0n) is 15.9. The van der Waals surface area contributed by atoms with E-state index in [1.165, 1.54) is 18.2 Å². The number of carboxylic acid groups (broad SMARTS) is 1. The number of carboxylic acids is 1. The second kappa shape index (κ2) is 13.4. The van der Waals surface area contributed by atoms with Gasteiger partial charge in [0.1, 0.15) is 6.79 Å². The van der Waals surface area contributed by atoms with Crippen molar-refractivity contribution in [1.29, 1.82) is 5.26 Å². The summed E-state index contributed by atoms with van der Waals surface area (Å²) >= 11 is 0. The van der Waals surface area contributed by atoms with Crippen LogP contribution in [0.15, 0.2) is 36.9 Å². The van der Waals surface area contributed by atoms with Gasteiger partial charge in [-0.25, -0.2) is 0 Å². The first kappa shape index (κ1) is 23.3. The van der Waals surface area contributed by atoms with Crippen LogP contribution in [0.2, 0.25) is 0 Å². The van der Waals surface area contributed by atoms with Gasteiger partial charge in [-0.15, -0.1) is 6.58 Å². The normalized spacial score (nSPS) is 12.6. The number of nitriles is 1. The number of ether oxygens (including phenoxy) is 3. The van der Waals surface area contributed by atoms with E-state index >= 15 is 0 Å². The molecule has 152 valence electrons. The highest BCUT2D eigenvalue weighted by Crippen LogP contribution is 2.14. The highest BCUT2D eigenvalue weighted by molar-refractivity contribution is 5.94. The maximum atomic E-state index is 12.5. The molecular weight excluding hydrogens is 364 g/mol. The molecule has 0 spiro atoms. The number of carbonyl (C=O) groups is 2. The number of aliphatic carboxylic acids is 1. The maximum absolute atomic E-state index is 12.5. The molecule has 0 aliphatic heterocycles. The van der Waals surface area contributed by atoms with Gasteiger partial charge in [-0.3, -0.25) is 9.59 Å². The second-order valence-electron chi connectivity index (χ2n) is 6.04. The van der Waals surface area contributed by atoms with Crippen molar-refractivity contribution >= 4 is 11.9 Å². The topological polar surface area (TPSA) is 118 Å². The van der Waals surface area contributed by atoms with Crippen molar-refractivity contribution in [3.8, 4) is 6.07 Å². The third-order valence-electron chi connectivity index (χ3n) is 3.90. The summed E-state index contributed by atoms with van der Waals surface area (Å²) in [6.45, 7) is 4.48. The number of carbonyl (C=O) groups excluding carboxylic acids is 1.